The Morgan fingerprint density at radius 3 is 2.46 bits per heavy atom. The van der Waals surface area contributed by atoms with Gasteiger partial charge in [0, 0.05) is 19.1 Å². The van der Waals surface area contributed by atoms with E-state index in [0.717, 1.165) is 19.5 Å². The first-order valence-electron chi connectivity index (χ1n) is 4.89. The largest absolute Gasteiger partial charge is 0.363 e. The van der Waals surface area contributed by atoms with Crippen LogP contribution in [0.4, 0.5) is 0 Å². The third-order valence-corrected chi connectivity index (χ3v) is 2.50. The molecule has 0 aromatic carbocycles. The molecule has 0 aromatic rings. The van der Waals surface area contributed by atoms with Gasteiger partial charge >= 0.3 is 0 Å². The summed E-state index contributed by atoms with van der Waals surface area (Å²) in [6.07, 6.45) is 1.11. The van der Waals surface area contributed by atoms with Crippen molar-refractivity contribution in [2.75, 3.05) is 13.1 Å². The lowest BCUT2D eigenvalue weighted by Crippen LogP contribution is -2.44. The molecule has 0 aliphatic rings. The molecule has 0 aliphatic carbocycles. The van der Waals surface area contributed by atoms with Gasteiger partial charge in [0.15, 0.2) is 5.11 Å². The standard InChI is InChI=1S/C9H21N3S/c1-4-7(3)8(10)6-12-9(13)11-5-2/h7-8H,4-6,10H2,1-3H3,(H2,11,12,13)/t7?,8-/m1/s1. The van der Waals surface area contributed by atoms with Crippen LogP contribution in [0.5, 0.6) is 0 Å². The van der Waals surface area contributed by atoms with Crippen LogP contribution in [0, 0.1) is 5.92 Å². The van der Waals surface area contributed by atoms with Crippen molar-refractivity contribution in [1.82, 2.24) is 10.6 Å². The van der Waals surface area contributed by atoms with E-state index in [0.29, 0.717) is 11.0 Å². The van der Waals surface area contributed by atoms with Crippen LogP contribution < -0.4 is 16.4 Å². The van der Waals surface area contributed by atoms with E-state index < -0.39 is 0 Å². The Bertz CT molecular complexity index is 150. The number of rotatable bonds is 5. The van der Waals surface area contributed by atoms with Crippen molar-refractivity contribution in [1.29, 1.82) is 0 Å². The molecule has 0 bridgehead atoms. The molecule has 0 saturated heterocycles. The van der Waals surface area contributed by atoms with Gasteiger partial charge in [-0.05, 0) is 25.1 Å². The molecule has 0 rings (SSSR count). The Balaban J connectivity index is 3.57. The fourth-order valence-corrected chi connectivity index (χ4v) is 1.17. The summed E-state index contributed by atoms with van der Waals surface area (Å²) in [7, 11) is 0. The first kappa shape index (κ1) is 12.7. The minimum atomic E-state index is 0.182. The van der Waals surface area contributed by atoms with Crippen molar-refractivity contribution in [3.63, 3.8) is 0 Å². The molecule has 1 unspecified atom stereocenters. The Morgan fingerprint density at radius 1 is 1.38 bits per heavy atom. The van der Waals surface area contributed by atoms with Gasteiger partial charge in [-0.15, -0.1) is 0 Å². The van der Waals surface area contributed by atoms with Crippen molar-refractivity contribution in [3.8, 4) is 0 Å². The molecule has 0 amide bonds. The minimum absolute atomic E-state index is 0.182. The third-order valence-electron chi connectivity index (χ3n) is 2.21. The van der Waals surface area contributed by atoms with Gasteiger partial charge in [0.1, 0.15) is 0 Å². The van der Waals surface area contributed by atoms with Crippen LogP contribution >= 0.6 is 12.2 Å². The average Bonchev–Trinajstić information content (AvgIpc) is 2.13. The number of hydrogen-bond acceptors (Lipinski definition) is 2. The summed E-state index contributed by atoms with van der Waals surface area (Å²) in [5.74, 6) is 0.539. The van der Waals surface area contributed by atoms with Gasteiger partial charge in [-0.1, -0.05) is 20.3 Å². The zero-order valence-corrected chi connectivity index (χ0v) is 9.58. The Hall–Kier alpha value is -0.350. The Kier molecular flexibility index (Phi) is 6.90. The summed E-state index contributed by atoms with van der Waals surface area (Å²) in [6.45, 7) is 7.92. The highest BCUT2D eigenvalue weighted by Crippen LogP contribution is 2.03. The van der Waals surface area contributed by atoms with E-state index in [1.54, 1.807) is 0 Å². The molecule has 0 spiro atoms. The second kappa shape index (κ2) is 7.09. The van der Waals surface area contributed by atoms with E-state index >= 15 is 0 Å². The lowest BCUT2D eigenvalue weighted by molar-refractivity contribution is 0.437. The summed E-state index contributed by atoms with van der Waals surface area (Å²) in [5.41, 5.74) is 5.92. The zero-order chi connectivity index (χ0) is 10.3. The molecular weight excluding hydrogens is 182 g/mol. The predicted octanol–water partition coefficient (Wildman–Crippen LogP) is 0.844. The van der Waals surface area contributed by atoms with Crippen LogP contribution in [0.15, 0.2) is 0 Å². The van der Waals surface area contributed by atoms with Gasteiger partial charge in [-0.25, -0.2) is 0 Å². The van der Waals surface area contributed by atoms with Crippen molar-refractivity contribution in [2.24, 2.45) is 11.7 Å². The summed E-state index contributed by atoms with van der Waals surface area (Å²) in [4.78, 5) is 0. The molecule has 0 radical (unpaired) electrons. The molecule has 3 nitrogen and oxygen atoms in total. The lowest BCUT2D eigenvalue weighted by Gasteiger charge is -2.19. The van der Waals surface area contributed by atoms with Gasteiger partial charge in [-0.3, -0.25) is 0 Å². The first-order chi connectivity index (χ1) is 6.11. The fourth-order valence-electron chi connectivity index (χ4n) is 0.938. The highest BCUT2D eigenvalue weighted by Gasteiger charge is 2.10. The molecule has 0 heterocycles. The Labute approximate surface area is 86.5 Å². The molecule has 78 valence electrons. The minimum Gasteiger partial charge on any atom is -0.363 e. The van der Waals surface area contributed by atoms with Crippen LogP contribution in [0.2, 0.25) is 0 Å². The van der Waals surface area contributed by atoms with E-state index in [1.807, 2.05) is 6.92 Å². The summed E-state index contributed by atoms with van der Waals surface area (Å²) in [6, 6.07) is 0.182. The highest BCUT2D eigenvalue weighted by atomic mass is 32.1. The van der Waals surface area contributed by atoms with Crippen LogP contribution in [-0.2, 0) is 0 Å². The second-order valence-electron chi connectivity index (χ2n) is 3.29. The summed E-state index contributed by atoms with van der Waals surface area (Å²) >= 11 is 5.02. The molecule has 0 fully saturated rings. The number of nitrogens with one attached hydrogen (secondary N) is 2. The molecule has 4 heteroatoms. The molecule has 0 aromatic heterocycles. The van der Waals surface area contributed by atoms with E-state index in [-0.39, 0.29) is 6.04 Å². The quantitative estimate of drug-likeness (QED) is 0.580. The average molecular weight is 203 g/mol. The number of thiocarbonyl (C=S) groups is 1. The second-order valence-corrected chi connectivity index (χ2v) is 3.70. The summed E-state index contributed by atoms with van der Waals surface area (Å²) in [5, 5.41) is 6.81. The van der Waals surface area contributed by atoms with Crippen molar-refractivity contribution in [2.45, 2.75) is 33.2 Å². The van der Waals surface area contributed by atoms with Crippen LogP contribution in [-0.4, -0.2) is 24.2 Å². The first-order valence-corrected chi connectivity index (χ1v) is 5.29. The predicted molar refractivity (Wildman–Crippen MR) is 61.7 cm³/mol. The normalized spacial score (nSPS) is 14.8. The SMILES string of the molecule is CCNC(=S)NC[C@@H](N)C(C)CC. The van der Waals surface area contributed by atoms with E-state index in [2.05, 4.69) is 24.5 Å². The fraction of sp³-hybridized carbons (Fsp3) is 0.889. The molecule has 0 saturated carbocycles. The van der Waals surface area contributed by atoms with E-state index in [1.165, 1.54) is 0 Å². The van der Waals surface area contributed by atoms with Crippen LogP contribution in [0.3, 0.4) is 0 Å². The molecular formula is C9H21N3S. The maximum Gasteiger partial charge on any atom is 0.166 e. The van der Waals surface area contributed by atoms with Crippen molar-refractivity contribution < 1.29 is 0 Å². The van der Waals surface area contributed by atoms with E-state index in [9.17, 15) is 0 Å². The molecule has 0 aliphatic heterocycles. The van der Waals surface area contributed by atoms with Crippen LogP contribution in [0.25, 0.3) is 0 Å². The van der Waals surface area contributed by atoms with Gasteiger partial charge < -0.3 is 16.4 Å². The number of hydrogen-bond donors (Lipinski definition) is 3. The molecule has 2 atom stereocenters. The highest BCUT2D eigenvalue weighted by molar-refractivity contribution is 7.80. The Morgan fingerprint density at radius 2 is 2.00 bits per heavy atom. The van der Waals surface area contributed by atoms with Gasteiger partial charge in [0.2, 0.25) is 0 Å². The monoisotopic (exact) mass is 203 g/mol. The van der Waals surface area contributed by atoms with Gasteiger partial charge in [0.05, 0.1) is 0 Å². The lowest BCUT2D eigenvalue weighted by atomic mass is 10.0. The smallest absolute Gasteiger partial charge is 0.166 e. The molecule has 13 heavy (non-hydrogen) atoms. The summed E-state index contributed by atoms with van der Waals surface area (Å²) < 4.78 is 0. The molecule has 4 N–H and O–H groups in total. The van der Waals surface area contributed by atoms with Crippen LogP contribution in [0.1, 0.15) is 27.2 Å². The topological polar surface area (TPSA) is 50.1 Å². The van der Waals surface area contributed by atoms with Gasteiger partial charge in [0.25, 0.3) is 0 Å². The van der Waals surface area contributed by atoms with Crippen molar-refractivity contribution >= 4 is 17.3 Å². The van der Waals surface area contributed by atoms with Crippen molar-refractivity contribution in [3.05, 3.63) is 0 Å². The maximum absolute atomic E-state index is 5.92. The number of nitrogens with two attached hydrogens (primary N) is 1. The maximum atomic E-state index is 5.92. The van der Waals surface area contributed by atoms with E-state index in [4.69, 9.17) is 18.0 Å². The van der Waals surface area contributed by atoms with Gasteiger partial charge in [-0.2, -0.15) is 0 Å². The third kappa shape index (κ3) is 5.82. The zero-order valence-electron chi connectivity index (χ0n) is 8.76.